The maximum absolute atomic E-state index is 13.2. The van der Waals surface area contributed by atoms with Crippen LogP contribution >= 0.6 is 0 Å². The van der Waals surface area contributed by atoms with Gasteiger partial charge in [0, 0.05) is 18.3 Å². The Morgan fingerprint density at radius 1 is 1.22 bits per heavy atom. The minimum atomic E-state index is -4.42. The molecule has 0 radical (unpaired) electrons. The van der Waals surface area contributed by atoms with E-state index in [1.54, 1.807) is 12.3 Å². The molecule has 2 aliphatic rings. The number of rotatable bonds is 10. The predicted molar refractivity (Wildman–Crippen MR) is 137 cm³/mol. The number of aliphatic imine (C=N–C) groups is 1. The minimum Gasteiger partial charge on any atom is -0.457 e. The Morgan fingerprint density at radius 3 is 2.78 bits per heavy atom. The van der Waals surface area contributed by atoms with Gasteiger partial charge in [-0.1, -0.05) is 19.4 Å². The normalized spacial score (nSPS) is 19.5. The Hall–Kier alpha value is -3.88. The number of ether oxygens (including phenoxy) is 1. The molecule has 192 valence electrons. The Bertz CT molecular complexity index is 1340. The first-order chi connectivity index (χ1) is 17.8. The van der Waals surface area contributed by atoms with Gasteiger partial charge in [-0.2, -0.15) is 13.2 Å². The smallest absolute Gasteiger partial charge is 0.416 e. The van der Waals surface area contributed by atoms with E-state index < -0.39 is 11.7 Å². The van der Waals surface area contributed by atoms with Gasteiger partial charge in [0.2, 0.25) is 6.41 Å². The summed E-state index contributed by atoms with van der Waals surface area (Å²) in [5.74, 6) is 2.94. The summed E-state index contributed by atoms with van der Waals surface area (Å²) in [6.45, 7) is 6.08. The van der Waals surface area contributed by atoms with E-state index in [9.17, 15) is 18.0 Å². The van der Waals surface area contributed by atoms with Crippen LogP contribution in [0.3, 0.4) is 0 Å². The van der Waals surface area contributed by atoms with Crippen molar-refractivity contribution < 1.29 is 22.7 Å². The largest absolute Gasteiger partial charge is 0.457 e. The maximum atomic E-state index is 13.2. The lowest BCUT2D eigenvalue weighted by Crippen LogP contribution is -2.10. The van der Waals surface area contributed by atoms with E-state index in [2.05, 4.69) is 39.5 Å². The van der Waals surface area contributed by atoms with Gasteiger partial charge in [0.15, 0.2) is 0 Å². The van der Waals surface area contributed by atoms with Crippen LogP contribution in [-0.4, -0.2) is 24.7 Å². The molecular formula is C28H27F3N4O2. The van der Waals surface area contributed by atoms with Crippen molar-refractivity contribution in [3.63, 3.8) is 0 Å². The van der Waals surface area contributed by atoms with Crippen LogP contribution in [0.2, 0.25) is 0 Å². The highest BCUT2D eigenvalue weighted by Gasteiger charge is 2.55. The van der Waals surface area contributed by atoms with E-state index >= 15 is 0 Å². The zero-order valence-electron chi connectivity index (χ0n) is 20.3. The standard InChI is InChI=1S/C28H27F3N4O2/c1-3-4-19-25(9-10-33-27(19)35-15-36)37-18-7-5-16-11-21-22(26(21)20(16)13-18)14-34-24-12-17(28(29,30)31)6-8-23(24)32-2/h5-10,12-13,15,21-22,26,34H,2-4,11,14H2,1H3,(H,33,35,36)/t21-,22?,26-/m0/s1. The van der Waals surface area contributed by atoms with Crippen LogP contribution in [0.25, 0.3) is 0 Å². The van der Waals surface area contributed by atoms with Gasteiger partial charge in [-0.05, 0) is 84.8 Å². The van der Waals surface area contributed by atoms with Crippen LogP contribution in [0, 0.1) is 11.8 Å². The van der Waals surface area contributed by atoms with Gasteiger partial charge >= 0.3 is 6.18 Å². The van der Waals surface area contributed by atoms with Crippen molar-refractivity contribution in [1.29, 1.82) is 0 Å². The number of alkyl halides is 3. The lowest BCUT2D eigenvalue weighted by molar-refractivity contribution is -0.137. The number of fused-ring (bicyclic) bond motifs is 3. The number of aromatic nitrogens is 1. The summed E-state index contributed by atoms with van der Waals surface area (Å²) in [4.78, 5) is 19.1. The summed E-state index contributed by atoms with van der Waals surface area (Å²) < 4.78 is 45.8. The van der Waals surface area contributed by atoms with Crippen molar-refractivity contribution in [2.75, 3.05) is 17.2 Å². The molecule has 5 rings (SSSR count). The molecule has 3 aromatic rings. The SMILES string of the molecule is C=Nc1ccc(C(F)(F)F)cc1NCC1[C@H]2c3cc(Oc4ccnc(NC=O)c4CCC)ccc3C[C@@H]12. The van der Waals surface area contributed by atoms with E-state index in [1.807, 2.05) is 13.0 Å². The second kappa shape index (κ2) is 9.88. The van der Waals surface area contributed by atoms with Gasteiger partial charge < -0.3 is 15.4 Å². The Kier molecular flexibility index (Phi) is 6.62. The van der Waals surface area contributed by atoms with Crippen molar-refractivity contribution in [2.45, 2.75) is 38.3 Å². The van der Waals surface area contributed by atoms with Crippen LogP contribution < -0.4 is 15.4 Å². The molecule has 2 aromatic carbocycles. The molecule has 1 saturated carbocycles. The van der Waals surface area contributed by atoms with Crippen LogP contribution in [0.1, 0.15) is 41.5 Å². The van der Waals surface area contributed by atoms with Crippen molar-refractivity contribution >= 4 is 30.3 Å². The number of carbonyl (C=O) groups excluding carboxylic acids is 1. The van der Waals surface area contributed by atoms with Crippen molar-refractivity contribution in [3.05, 3.63) is 70.9 Å². The van der Waals surface area contributed by atoms with Crippen molar-refractivity contribution in [3.8, 4) is 11.5 Å². The topological polar surface area (TPSA) is 75.6 Å². The number of benzene rings is 2. The molecule has 2 N–H and O–H groups in total. The Morgan fingerprint density at radius 2 is 2.05 bits per heavy atom. The molecule has 6 nitrogen and oxygen atoms in total. The number of anilines is 2. The Labute approximate surface area is 213 Å². The number of nitrogens with one attached hydrogen (secondary N) is 2. The first-order valence-electron chi connectivity index (χ1n) is 12.2. The molecule has 37 heavy (non-hydrogen) atoms. The first-order valence-corrected chi connectivity index (χ1v) is 12.2. The number of amides is 1. The minimum absolute atomic E-state index is 0.315. The molecular weight excluding hydrogens is 481 g/mol. The summed E-state index contributed by atoms with van der Waals surface area (Å²) in [6, 6.07) is 11.3. The molecule has 1 aromatic heterocycles. The molecule has 0 bridgehead atoms. The third-order valence-corrected chi connectivity index (χ3v) is 7.22. The average Bonchev–Trinajstić information content (AvgIpc) is 3.42. The highest BCUT2D eigenvalue weighted by atomic mass is 19.4. The molecule has 0 saturated heterocycles. The number of nitrogens with zero attached hydrogens (tertiary/aromatic N) is 2. The second-order valence-corrected chi connectivity index (χ2v) is 9.44. The van der Waals surface area contributed by atoms with Gasteiger partial charge in [0.05, 0.1) is 16.9 Å². The molecule has 1 amide bonds. The van der Waals surface area contributed by atoms with Crippen LogP contribution in [0.4, 0.5) is 30.4 Å². The third kappa shape index (κ3) is 4.90. The van der Waals surface area contributed by atoms with Gasteiger partial charge in [-0.25, -0.2) is 4.98 Å². The molecule has 0 spiro atoms. The molecule has 3 atom stereocenters. The maximum Gasteiger partial charge on any atom is 0.416 e. The summed E-state index contributed by atoms with van der Waals surface area (Å²) in [5.41, 5.74) is 3.37. The molecule has 1 fully saturated rings. The monoisotopic (exact) mass is 508 g/mol. The second-order valence-electron chi connectivity index (χ2n) is 9.44. The number of hydrogen-bond acceptors (Lipinski definition) is 5. The quantitative estimate of drug-likeness (QED) is 0.235. The lowest BCUT2D eigenvalue weighted by atomic mass is 10.0. The zero-order chi connectivity index (χ0) is 26.2. The molecule has 1 unspecified atom stereocenters. The van der Waals surface area contributed by atoms with Crippen molar-refractivity contribution in [1.82, 2.24) is 4.98 Å². The van der Waals surface area contributed by atoms with E-state index in [-0.39, 0.29) is 0 Å². The highest BCUT2D eigenvalue weighted by molar-refractivity contribution is 5.72. The fraction of sp³-hybridized carbons (Fsp3) is 0.321. The van der Waals surface area contributed by atoms with E-state index in [0.717, 1.165) is 30.5 Å². The van der Waals surface area contributed by atoms with Crippen LogP contribution in [-0.2, 0) is 23.8 Å². The third-order valence-electron chi connectivity index (χ3n) is 7.22. The van der Waals surface area contributed by atoms with Gasteiger partial charge in [-0.3, -0.25) is 9.79 Å². The predicted octanol–water partition coefficient (Wildman–Crippen LogP) is 6.74. The summed E-state index contributed by atoms with van der Waals surface area (Å²) in [6.07, 6.45) is 0.304. The van der Waals surface area contributed by atoms with Gasteiger partial charge in [0.25, 0.3) is 0 Å². The number of carbonyl (C=O) groups is 1. The van der Waals surface area contributed by atoms with E-state index in [0.29, 0.717) is 65.8 Å². The van der Waals surface area contributed by atoms with Gasteiger partial charge in [0.1, 0.15) is 17.3 Å². The average molecular weight is 509 g/mol. The lowest BCUT2D eigenvalue weighted by Gasteiger charge is -2.16. The first kappa shape index (κ1) is 24.8. The molecule has 2 aliphatic carbocycles. The summed E-state index contributed by atoms with van der Waals surface area (Å²) >= 11 is 0. The fourth-order valence-electron chi connectivity index (χ4n) is 5.44. The molecule has 9 heteroatoms. The summed E-state index contributed by atoms with van der Waals surface area (Å²) in [7, 11) is 0. The highest BCUT2D eigenvalue weighted by Crippen LogP contribution is 2.62. The van der Waals surface area contributed by atoms with Crippen molar-refractivity contribution in [2.24, 2.45) is 16.8 Å². The van der Waals surface area contributed by atoms with Crippen LogP contribution in [0.5, 0.6) is 11.5 Å². The van der Waals surface area contributed by atoms with E-state index in [1.165, 1.54) is 17.2 Å². The fourth-order valence-corrected chi connectivity index (χ4v) is 5.44. The molecule has 0 aliphatic heterocycles. The Balaban J connectivity index is 1.31. The van der Waals surface area contributed by atoms with Crippen LogP contribution in [0.15, 0.2) is 53.7 Å². The van der Waals surface area contributed by atoms with Gasteiger partial charge in [-0.15, -0.1) is 0 Å². The number of halogens is 3. The van der Waals surface area contributed by atoms with E-state index in [4.69, 9.17) is 4.74 Å². The number of pyridine rings is 1. The zero-order valence-corrected chi connectivity index (χ0v) is 20.3. The number of hydrogen-bond donors (Lipinski definition) is 2. The molecule has 1 heterocycles. The summed E-state index contributed by atoms with van der Waals surface area (Å²) in [5, 5.41) is 5.83.